The minimum atomic E-state index is -2.21. The molecule has 0 spiro atoms. The highest BCUT2D eigenvalue weighted by Crippen LogP contribution is 2.55. The van der Waals surface area contributed by atoms with Gasteiger partial charge in [0.1, 0.15) is 17.3 Å². The number of aryl methyl sites for hydroxylation is 1. The zero-order chi connectivity index (χ0) is 26.3. The number of carbonyl (C=O) groups excluding carboxylic acids is 2. The summed E-state index contributed by atoms with van der Waals surface area (Å²) in [5, 5.41) is 44.9. The molecule has 1 aromatic heterocycles. The van der Waals surface area contributed by atoms with E-state index in [4.69, 9.17) is 5.73 Å². The summed E-state index contributed by atoms with van der Waals surface area (Å²) in [7, 11) is 5.47. The summed E-state index contributed by atoms with van der Waals surface area (Å²) in [6, 6.07) is 1.82. The Balaban J connectivity index is 1.74. The smallest absolute Gasteiger partial charge is 0.252 e. The van der Waals surface area contributed by atoms with E-state index in [9.17, 15) is 30.0 Å². The lowest BCUT2D eigenvalue weighted by Gasteiger charge is -2.48. The number of aromatic hydroxyl groups is 1. The molecule has 10 nitrogen and oxygen atoms in total. The number of hydrogen-bond acceptors (Lipinski definition) is 8. The number of phenols is 1. The molecule has 36 heavy (non-hydrogen) atoms. The van der Waals surface area contributed by atoms with Crippen molar-refractivity contribution in [2.45, 2.75) is 24.9 Å². The fourth-order valence-corrected chi connectivity index (χ4v) is 6.05. The maximum absolute atomic E-state index is 13.8. The summed E-state index contributed by atoms with van der Waals surface area (Å²) in [5.74, 6) is -3.98. The molecule has 2 aromatic rings. The monoisotopic (exact) mass is 492 g/mol. The van der Waals surface area contributed by atoms with Crippen molar-refractivity contribution in [2.24, 2.45) is 24.6 Å². The Morgan fingerprint density at radius 3 is 2.56 bits per heavy atom. The quantitative estimate of drug-likeness (QED) is 0.434. The van der Waals surface area contributed by atoms with Crippen LogP contribution in [0.15, 0.2) is 47.6 Å². The van der Waals surface area contributed by atoms with Crippen molar-refractivity contribution in [3.8, 4) is 17.0 Å². The number of anilines is 1. The molecule has 0 unspecified atom stereocenters. The molecule has 1 aromatic carbocycles. The number of amides is 1. The van der Waals surface area contributed by atoms with Crippen molar-refractivity contribution in [3.05, 3.63) is 58.8 Å². The van der Waals surface area contributed by atoms with Crippen LogP contribution in [0.2, 0.25) is 0 Å². The average molecular weight is 493 g/mol. The molecule has 1 saturated carbocycles. The summed E-state index contributed by atoms with van der Waals surface area (Å²) in [6.45, 7) is 3.73. The standard InChI is InChI=1S/C26H28N4O6/c1-11-19(25(27)35)18(31)7-13-5-12-6-14-16(29(2)3)8-15(17-9-28-10-30(17)4)22(32)21(14)23(33)20(12)24(34)26(11,13)36/h8-10,12-13,31-33,36H,1,5-7H2,2-4H3,(H2,27,35)/t12-,13+,26+/m1/s1. The fraction of sp³-hybridized carbons (Fsp3) is 0.346. The molecule has 5 rings (SSSR count). The van der Waals surface area contributed by atoms with Gasteiger partial charge in [0, 0.05) is 55.9 Å². The molecular weight excluding hydrogens is 464 g/mol. The van der Waals surface area contributed by atoms with Crippen molar-refractivity contribution < 1.29 is 30.0 Å². The summed E-state index contributed by atoms with van der Waals surface area (Å²) >= 11 is 0. The molecule has 1 fully saturated rings. The van der Waals surface area contributed by atoms with Gasteiger partial charge in [-0.25, -0.2) is 4.98 Å². The highest BCUT2D eigenvalue weighted by atomic mass is 16.3. The van der Waals surface area contributed by atoms with Gasteiger partial charge in [-0.3, -0.25) is 9.59 Å². The fourth-order valence-electron chi connectivity index (χ4n) is 6.05. The number of nitrogens with two attached hydrogens (primary N) is 1. The largest absolute Gasteiger partial charge is 0.511 e. The average Bonchev–Trinajstić information content (AvgIpc) is 3.21. The van der Waals surface area contributed by atoms with Crippen LogP contribution in [0.4, 0.5) is 5.69 Å². The zero-order valence-corrected chi connectivity index (χ0v) is 20.2. The van der Waals surface area contributed by atoms with Gasteiger partial charge < -0.3 is 35.6 Å². The van der Waals surface area contributed by atoms with E-state index in [0.29, 0.717) is 23.2 Å². The Morgan fingerprint density at radius 2 is 1.97 bits per heavy atom. The molecule has 3 atom stereocenters. The minimum absolute atomic E-state index is 0.0326. The van der Waals surface area contributed by atoms with Gasteiger partial charge in [0.2, 0.25) is 0 Å². The Kier molecular flexibility index (Phi) is 5.08. The lowest BCUT2D eigenvalue weighted by atomic mass is 9.57. The lowest BCUT2D eigenvalue weighted by molar-refractivity contribution is -0.140. The van der Waals surface area contributed by atoms with Gasteiger partial charge in [-0.05, 0) is 30.4 Å². The topological polar surface area (TPSA) is 162 Å². The van der Waals surface area contributed by atoms with E-state index in [1.807, 2.05) is 25.1 Å². The molecule has 0 bridgehead atoms. The normalized spacial score (nSPS) is 25.4. The van der Waals surface area contributed by atoms with Gasteiger partial charge in [-0.15, -0.1) is 0 Å². The molecule has 188 valence electrons. The Bertz CT molecular complexity index is 1430. The third kappa shape index (κ3) is 2.97. The molecule has 1 amide bonds. The number of aromatic nitrogens is 2. The number of carbonyl (C=O) groups is 2. The number of imidazole rings is 1. The van der Waals surface area contributed by atoms with Crippen molar-refractivity contribution >= 4 is 23.1 Å². The Hall–Kier alpha value is -4.05. The third-order valence-corrected chi connectivity index (χ3v) is 7.80. The van der Waals surface area contributed by atoms with Crippen LogP contribution < -0.4 is 10.6 Å². The van der Waals surface area contributed by atoms with E-state index in [1.54, 1.807) is 24.1 Å². The second-order valence-corrected chi connectivity index (χ2v) is 9.99. The highest BCUT2D eigenvalue weighted by molar-refractivity contribution is 6.14. The number of Topliss-reactive ketones (excluding diaryl/α,β-unsaturated/α-hetero) is 1. The van der Waals surface area contributed by atoms with Crippen LogP contribution in [0.3, 0.4) is 0 Å². The van der Waals surface area contributed by atoms with E-state index < -0.39 is 34.9 Å². The number of allylic oxidation sites excluding steroid dienone is 1. The summed E-state index contributed by atoms with van der Waals surface area (Å²) in [6.07, 6.45) is 3.62. The van der Waals surface area contributed by atoms with E-state index >= 15 is 0 Å². The van der Waals surface area contributed by atoms with Crippen LogP contribution >= 0.6 is 0 Å². The summed E-state index contributed by atoms with van der Waals surface area (Å²) in [4.78, 5) is 31.8. The Morgan fingerprint density at radius 1 is 1.28 bits per heavy atom. The number of rotatable bonds is 3. The first-order valence-corrected chi connectivity index (χ1v) is 11.5. The molecular formula is C26H28N4O6. The highest BCUT2D eigenvalue weighted by Gasteiger charge is 2.58. The maximum Gasteiger partial charge on any atom is 0.252 e. The maximum atomic E-state index is 13.8. The first-order chi connectivity index (χ1) is 16.9. The number of nitrogens with zero attached hydrogens (tertiary/aromatic N) is 3. The van der Waals surface area contributed by atoms with Crippen molar-refractivity contribution in [2.75, 3.05) is 19.0 Å². The number of primary amides is 1. The number of aliphatic hydroxyl groups excluding tert-OH is 2. The van der Waals surface area contributed by atoms with E-state index in [1.165, 1.54) is 0 Å². The third-order valence-electron chi connectivity index (χ3n) is 7.80. The van der Waals surface area contributed by atoms with Crippen LogP contribution in [-0.4, -0.2) is 61.4 Å². The molecule has 3 aliphatic rings. The van der Waals surface area contributed by atoms with Crippen LogP contribution in [0.1, 0.15) is 24.0 Å². The second kappa shape index (κ2) is 7.72. The zero-order valence-electron chi connectivity index (χ0n) is 20.2. The van der Waals surface area contributed by atoms with Gasteiger partial charge in [-0.2, -0.15) is 0 Å². The van der Waals surface area contributed by atoms with Crippen LogP contribution in [0.25, 0.3) is 17.0 Å². The molecule has 0 saturated heterocycles. The first kappa shape index (κ1) is 23.7. The number of benzene rings is 1. The SMILES string of the molecule is C=C1C(C(N)=O)=C(O)C[C@@H]2C[C@@H]3Cc4c(N(C)C)cc(-c5cncn5C)c(O)c4C(O)=C3C(=O)[C@]12O. The van der Waals surface area contributed by atoms with Crippen LogP contribution in [-0.2, 0) is 23.1 Å². The number of phenolic OH excluding ortho intramolecular Hbond substituents is 1. The van der Waals surface area contributed by atoms with Crippen LogP contribution in [0, 0.1) is 11.8 Å². The predicted octanol–water partition coefficient (Wildman–Crippen LogP) is 1.88. The van der Waals surface area contributed by atoms with Gasteiger partial charge >= 0.3 is 0 Å². The van der Waals surface area contributed by atoms with E-state index in [2.05, 4.69) is 11.6 Å². The van der Waals surface area contributed by atoms with E-state index in [0.717, 1.165) is 5.69 Å². The summed E-state index contributed by atoms with van der Waals surface area (Å²) in [5.41, 5.74) is 5.07. The number of fused-ring (bicyclic) bond motifs is 3. The number of hydrogen-bond donors (Lipinski definition) is 5. The van der Waals surface area contributed by atoms with Gasteiger partial charge in [-0.1, -0.05) is 6.58 Å². The molecule has 1 heterocycles. The predicted molar refractivity (Wildman–Crippen MR) is 132 cm³/mol. The van der Waals surface area contributed by atoms with Crippen molar-refractivity contribution in [1.29, 1.82) is 0 Å². The minimum Gasteiger partial charge on any atom is -0.511 e. The molecule has 3 aliphatic carbocycles. The van der Waals surface area contributed by atoms with E-state index in [-0.39, 0.29) is 46.6 Å². The van der Waals surface area contributed by atoms with Gasteiger partial charge in [0.25, 0.3) is 5.91 Å². The van der Waals surface area contributed by atoms with Crippen molar-refractivity contribution in [3.63, 3.8) is 0 Å². The van der Waals surface area contributed by atoms with Gasteiger partial charge in [0.05, 0.1) is 29.4 Å². The number of aliphatic hydroxyl groups is 3. The number of ketones is 1. The second-order valence-electron chi connectivity index (χ2n) is 9.99. The molecule has 0 radical (unpaired) electrons. The van der Waals surface area contributed by atoms with Gasteiger partial charge in [0.15, 0.2) is 11.4 Å². The summed E-state index contributed by atoms with van der Waals surface area (Å²) < 4.78 is 1.73. The van der Waals surface area contributed by atoms with Crippen molar-refractivity contribution in [1.82, 2.24) is 9.55 Å². The van der Waals surface area contributed by atoms with Crippen LogP contribution in [0.5, 0.6) is 5.75 Å². The lowest BCUT2D eigenvalue weighted by Crippen LogP contribution is -2.57. The first-order valence-electron chi connectivity index (χ1n) is 11.5. The molecule has 6 N–H and O–H groups in total. The molecule has 0 aliphatic heterocycles. The Labute approximate surface area is 207 Å². The molecule has 10 heteroatoms.